The van der Waals surface area contributed by atoms with Gasteiger partial charge >= 0.3 is 0 Å². The van der Waals surface area contributed by atoms with Gasteiger partial charge in [-0.2, -0.15) is 0 Å². The molecule has 0 saturated carbocycles. The van der Waals surface area contributed by atoms with E-state index in [2.05, 4.69) is 0 Å². The maximum Gasteiger partial charge on any atom is 0.138 e. The lowest BCUT2D eigenvalue weighted by atomic mass is 9.87. The number of aryl methyl sites for hydroxylation is 1. The number of benzene rings is 1. The van der Waals surface area contributed by atoms with E-state index < -0.39 is 0 Å². The summed E-state index contributed by atoms with van der Waals surface area (Å²) >= 11 is 6.09. The van der Waals surface area contributed by atoms with E-state index in [9.17, 15) is 4.79 Å². The summed E-state index contributed by atoms with van der Waals surface area (Å²) in [7, 11) is 0. The highest BCUT2D eigenvalue weighted by molar-refractivity contribution is 6.30. The molecular formula is C15H19ClO2. The number of halogens is 1. The maximum atomic E-state index is 11.9. The van der Waals surface area contributed by atoms with Gasteiger partial charge in [0.1, 0.15) is 11.5 Å². The Morgan fingerprint density at radius 1 is 1.39 bits per heavy atom. The fraction of sp³-hybridized carbons (Fsp3) is 0.533. The number of fused-ring (bicyclic) bond motifs is 1. The molecule has 0 fully saturated rings. The lowest BCUT2D eigenvalue weighted by Crippen LogP contribution is -2.20. The van der Waals surface area contributed by atoms with Gasteiger partial charge < -0.3 is 4.74 Å². The molecule has 1 aromatic rings. The second-order valence-electron chi connectivity index (χ2n) is 5.82. The van der Waals surface area contributed by atoms with Crippen LogP contribution in [0.25, 0.3) is 0 Å². The molecule has 0 N–H and O–H groups in total. The van der Waals surface area contributed by atoms with Crippen LogP contribution in [0, 0.1) is 5.41 Å². The summed E-state index contributed by atoms with van der Waals surface area (Å²) in [6, 6.07) is 3.88. The first kappa shape index (κ1) is 13.4. The van der Waals surface area contributed by atoms with E-state index in [0.717, 1.165) is 29.4 Å². The smallest absolute Gasteiger partial charge is 0.138 e. The molecule has 1 aromatic carbocycles. The van der Waals surface area contributed by atoms with Crippen molar-refractivity contribution < 1.29 is 9.53 Å². The van der Waals surface area contributed by atoms with Crippen LogP contribution in [0.15, 0.2) is 12.1 Å². The standard InChI is InChI=1S/C15H19ClO2/c1-15(2,3)13(17)5-4-10-8-12(16)9-11-6-7-18-14(10)11/h8-9H,4-7H2,1-3H3. The van der Waals surface area contributed by atoms with Gasteiger partial charge in [-0.1, -0.05) is 32.4 Å². The van der Waals surface area contributed by atoms with E-state index in [4.69, 9.17) is 16.3 Å². The minimum Gasteiger partial charge on any atom is -0.493 e. The molecule has 2 nitrogen and oxygen atoms in total. The minimum absolute atomic E-state index is 0.272. The Morgan fingerprint density at radius 2 is 2.11 bits per heavy atom. The molecule has 0 radical (unpaired) electrons. The van der Waals surface area contributed by atoms with Crippen molar-refractivity contribution in [3.8, 4) is 5.75 Å². The number of ether oxygens (including phenoxy) is 1. The van der Waals surface area contributed by atoms with Crippen LogP contribution in [0.4, 0.5) is 0 Å². The van der Waals surface area contributed by atoms with Crippen molar-refractivity contribution in [3.63, 3.8) is 0 Å². The number of rotatable bonds is 3. The van der Waals surface area contributed by atoms with Crippen molar-refractivity contribution in [1.82, 2.24) is 0 Å². The molecule has 1 heterocycles. The van der Waals surface area contributed by atoms with Gasteiger partial charge in [0, 0.05) is 23.3 Å². The quantitative estimate of drug-likeness (QED) is 0.831. The Balaban J connectivity index is 2.13. The van der Waals surface area contributed by atoms with Crippen LogP contribution >= 0.6 is 11.6 Å². The first-order valence-electron chi connectivity index (χ1n) is 6.35. The Kier molecular flexibility index (Phi) is 3.67. The van der Waals surface area contributed by atoms with Gasteiger partial charge in [0.05, 0.1) is 6.61 Å². The average molecular weight is 267 g/mol. The van der Waals surface area contributed by atoms with Gasteiger partial charge in [-0.05, 0) is 29.7 Å². The van der Waals surface area contributed by atoms with Gasteiger partial charge in [0.15, 0.2) is 0 Å². The van der Waals surface area contributed by atoms with Crippen LogP contribution < -0.4 is 4.74 Å². The molecule has 3 heteroatoms. The molecule has 2 rings (SSSR count). The third kappa shape index (κ3) is 2.86. The van der Waals surface area contributed by atoms with Gasteiger partial charge in [0.25, 0.3) is 0 Å². The van der Waals surface area contributed by atoms with Crippen molar-refractivity contribution in [1.29, 1.82) is 0 Å². The molecule has 1 aliphatic rings. The zero-order valence-electron chi connectivity index (χ0n) is 11.2. The van der Waals surface area contributed by atoms with Crippen molar-refractivity contribution >= 4 is 17.4 Å². The van der Waals surface area contributed by atoms with Crippen molar-refractivity contribution in [3.05, 3.63) is 28.3 Å². The van der Waals surface area contributed by atoms with Gasteiger partial charge in [-0.3, -0.25) is 4.79 Å². The Morgan fingerprint density at radius 3 is 2.78 bits per heavy atom. The van der Waals surface area contributed by atoms with Crippen LogP contribution in [-0.2, 0) is 17.6 Å². The second-order valence-corrected chi connectivity index (χ2v) is 6.26. The van der Waals surface area contributed by atoms with E-state index in [-0.39, 0.29) is 11.2 Å². The Hall–Kier alpha value is -1.02. The summed E-state index contributed by atoms with van der Waals surface area (Å²) in [5.74, 6) is 1.22. The van der Waals surface area contributed by atoms with E-state index in [1.165, 1.54) is 5.56 Å². The predicted molar refractivity (Wildman–Crippen MR) is 73.4 cm³/mol. The molecule has 0 atom stereocenters. The third-order valence-electron chi connectivity index (χ3n) is 3.28. The maximum absolute atomic E-state index is 11.9. The van der Waals surface area contributed by atoms with Crippen molar-refractivity contribution in [2.24, 2.45) is 5.41 Å². The fourth-order valence-corrected chi connectivity index (χ4v) is 2.42. The van der Waals surface area contributed by atoms with Gasteiger partial charge in [-0.15, -0.1) is 0 Å². The number of carbonyl (C=O) groups is 1. The normalized spacial score (nSPS) is 14.2. The number of Topliss-reactive ketones (excluding diaryl/α,β-unsaturated/α-hetero) is 1. The molecule has 0 unspecified atom stereocenters. The lowest BCUT2D eigenvalue weighted by molar-refractivity contribution is -0.126. The van der Waals surface area contributed by atoms with Gasteiger partial charge in [0.2, 0.25) is 0 Å². The number of hydrogen-bond donors (Lipinski definition) is 0. The summed E-state index contributed by atoms with van der Waals surface area (Å²) in [4.78, 5) is 11.9. The largest absolute Gasteiger partial charge is 0.493 e. The molecule has 0 spiro atoms. The van der Waals surface area contributed by atoms with Crippen LogP contribution in [0.1, 0.15) is 38.3 Å². The SMILES string of the molecule is CC(C)(C)C(=O)CCc1cc(Cl)cc2c1OCC2. The summed E-state index contributed by atoms with van der Waals surface area (Å²) in [6.07, 6.45) is 2.16. The molecule has 1 aliphatic heterocycles. The predicted octanol–water partition coefficient (Wildman–Crippen LogP) is 3.82. The van der Waals surface area contributed by atoms with E-state index in [0.29, 0.717) is 12.8 Å². The van der Waals surface area contributed by atoms with Gasteiger partial charge in [-0.25, -0.2) is 0 Å². The van der Waals surface area contributed by atoms with Crippen molar-refractivity contribution in [2.75, 3.05) is 6.61 Å². The third-order valence-corrected chi connectivity index (χ3v) is 3.50. The molecule has 98 valence electrons. The Labute approximate surface area is 113 Å². The zero-order valence-corrected chi connectivity index (χ0v) is 11.9. The number of hydrogen-bond acceptors (Lipinski definition) is 2. The van der Waals surface area contributed by atoms with E-state index >= 15 is 0 Å². The minimum atomic E-state index is -0.275. The van der Waals surface area contributed by atoms with E-state index in [1.807, 2.05) is 32.9 Å². The summed E-state index contributed by atoms with van der Waals surface area (Å²) in [5, 5.41) is 0.734. The zero-order chi connectivity index (χ0) is 13.3. The fourth-order valence-electron chi connectivity index (χ4n) is 2.15. The molecule has 0 amide bonds. The summed E-state index contributed by atoms with van der Waals surface area (Å²) in [6.45, 7) is 6.58. The number of carbonyl (C=O) groups excluding carboxylic acids is 1. The summed E-state index contributed by atoms with van der Waals surface area (Å²) in [5.41, 5.74) is 1.95. The lowest BCUT2D eigenvalue weighted by Gasteiger charge is -2.17. The summed E-state index contributed by atoms with van der Waals surface area (Å²) < 4.78 is 5.63. The highest BCUT2D eigenvalue weighted by atomic mass is 35.5. The first-order chi connectivity index (χ1) is 8.38. The monoisotopic (exact) mass is 266 g/mol. The Bertz CT molecular complexity index is 472. The first-order valence-corrected chi connectivity index (χ1v) is 6.73. The van der Waals surface area contributed by atoms with Crippen LogP contribution in [0.3, 0.4) is 0 Å². The highest BCUT2D eigenvalue weighted by Gasteiger charge is 2.23. The molecule has 0 aliphatic carbocycles. The molecule has 0 aromatic heterocycles. The molecule has 18 heavy (non-hydrogen) atoms. The topological polar surface area (TPSA) is 26.3 Å². The van der Waals surface area contributed by atoms with Crippen LogP contribution in [0.2, 0.25) is 5.02 Å². The average Bonchev–Trinajstić information content (AvgIpc) is 2.71. The number of ketones is 1. The molecule has 0 saturated heterocycles. The van der Waals surface area contributed by atoms with Crippen molar-refractivity contribution in [2.45, 2.75) is 40.0 Å². The molecule has 0 bridgehead atoms. The highest BCUT2D eigenvalue weighted by Crippen LogP contribution is 2.34. The van der Waals surface area contributed by atoms with E-state index in [1.54, 1.807) is 0 Å². The van der Waals surface area contributed by atoms with Crippen LogP contribution in [0.5, 0.6) is 5.75 Å². The second kappa shape index (κ2) is 4.93. The molecular weight excluding hydrogens is 248 g/mol. The van der Waals surface area contributed by atoms with Crippen LogP contribution in [-0.4, -0.2) is 12.4 Å².